The van der Waals surface area contributed by atoms with Crippen LogP contribution in [-0.4, -0.2) is 28.3 Å². The van der Waals surface area contributed by atoms with E-state index in [-0.39, 0.29) is 12.6 Å². The van der Waals surface area contributed by atoms with E-state index in [0.29, 0.717) is 0 Å². The molecule has 0 atom stereocenters. The van der Waals surface area contributed by atoms with Gasteiger partial charge in [-0.05, 0) is 58.9 Å². The van der Waals surface area contributed by atoms with Crippen molar-refractivity contribution in [3.05, 3.63) is 30.1 Å². The lowest BCUT2D eigenvalue weighted by atomic mass is 10.0. The third-order valence-electron chi connectivity index (χ3n) is 2.71. The number of aliphatic carboxylic acids is 1. The molecule has 1 aromatic rings. The third-order valence-corrected chi connectivity index (χ3v) is 2.71. The van der Waals surface area contributed by atoms with Crippen molar-refractivity contribution in [3.63, 3.8) is 0 Å². The highest BCUT2D eigenvalue weighted by atomic mass is 19.1. The van der Waals surface area contributed by atoms with Gasteiger partial charge in [-0.3, -0.25) is 4.90 Å². The number of halogens is 1. The molecule has 0 bridgehead atoms. The van der Waals surface area contributed by atoms with Gasteiger partial charge in [-0.1, -0.05) is 0 Å². The molecule has 0 unspecified atom stereocenters. The monoisotopic (exact) mass is 298 g/mol. The largest absolute Gasteiger partial charge is 0.480 e. The van der Waals surface area contributed by atoms with Gasteiger partial charge in [0.25, 0.3) is 0 Å². The number of carboxylic acid groups (broad SMARTS) is 1. The first-order chi connectivity index (χ1) is 10.0. The van der Waals surface area contributed by atoms with Crippen LogP contribution in [0.25, 0.3) is 0 Å². The van der Waals surface area contributed by atoms with Crippen molar-refractivity contribution in [3.8, 4) is 0 Å². The Kier molecular flexibility index (Phi) is 4.16. The summed E-state index contributed by atoms with van der Waals surface area (Å²) in [6.07, 6.45) is -0.906. The summed E-state index contributed by atoms with van der Waals surface area (Å²) in [6.45, 7) is 5.60. The molecule has 6 heteroatoms. The highest BCUT2D eigenvalue weighted by molar-refractivity contribution is 5.97. The fourth-order valence-electron chi connectivity index (χ4n) is 1.62. The van der Waals surface area contributed by atoms with E-state index in [1.165, 1.54) is 26.0 Å². The Labute approximate surface area is 124 Å². The van der Waals surface area contributed by atoms with Gasteiger partial charge in [0.05, 0.1) is 0 Å². The van der Waals surface area contributed by atoms with E-state index < -0.39 is 29.0 Å². The minimum absolute atomic E-state index is 0.177. The van der Waals surface area contributed by atoms with E-state index in [2.05, 4.69) is 0 Å². The van der Waals surface area contributed by atoms with Gasteiger partial charge in [-0.2, -0.15) is 0 Å². The standard InChI is InChI=1S/C15H20FNO4/c1-14(2,3)21-13(20)17(15(4,5)12(18)19)11-8-6-10(16)7-9-11/h6-9H,1-5H3,(H,18,19)/i1D. The minimum atomic E-state index is -1.60. The normalized spacial score (nSPS) is 12.5. The number of rotatable bonds is 3. The topological polar surface area (TPSA) is 66.8 Å². The maximum atomic E-state index is 13.1. The zero-order valence-corrected chi connectivity index (χ0v) is 12.5. The summed E-state index contributed by atoms with van der Waals surface area (Å²) in [5.41, 5.74) is -2.48. The summed E-state index contributed by atoms with van der Waals surface area (Å²) < 4.78 is 25.6. The first-order valence-electron chi connectivity index (χ1n) is 7.03. The number of amides is 1. The summed E-state index contributed by atoms with van der Waals surface area (Å²) in [6, 6.07) is 4.86. The van der Waals surface area contributed by atoms with E-state index in [1.54, 1.807) is 13.8 Å². The molecule has 0 fully saturated rings. The molecule has 0 aromatic heterocycles. The Morgan fingerprint density at radius 2 is 1.76 bits per heavy atom. The molecule has 0 aliphatic rings. The average molecular weight is 298 g/mol. The molecule has 1 N–H and O–H groups in total. The predicted octanol–water partition coefficient (Wildman–Crippen LogP) is 3.43. The zero-order chi connectivity index (χ0) is 17.1. The Morgan fingerprint density at radius 1 is 1.24 bits per heavy atom. The second-order valence-electron chi connectivity index (χ2n) is 5.80. The molecule has 0 heterocycles. The average Bonchev–Trinajstić information content (AvgIpc) is 2.40. The number of carbonyl (C=O) groups excluding carboxylic acids is 1. The van der Waals surface area contributed by atoms with Gasteiger partial charge in [0.15, 0.2) is 0 Å². The number of benzene rings is 1. The number of hydrogen-bond donors (Lipinski definition) is 1. The molecule has 1 aromatic carbocycles. The van der Waals surface area contributed by atoms with Crippen molar-refractivity contribution < 1.29 is 25.2 Å². The first-order valence-corrected chi connectivity index (χ1v) is 6.32. The molecular formula is C15H20FNO4. The van der Waals surface area contributed by atoms with Gasteiger partial charge in [0, 0.05) is 7.06 Å². The number of nitrogens with zero attached hydrogens (tertiary/aromatic N) is 1. The summed E-state index contributed by atoms with van der Waals surface area (Å²) in [5.74, 6) is -1.74. The van der Waals surface area contributed by atoms with Gasteiger partial charge < -0.3 is 9.84 Å². The van der Waals surface area contributed by atoms with Crippen LogP contribution in [0.4, 0.5) is 14.9 Å². The molecule has 0 spiro atoms. The number of ether oxygens (including phenoxy) is 1. The van der Waals surface area contributed by atoms with Crippen molar-refractivity contribution in [2.75, 3.05) is 4.90 Å². The lowest BCUT2D eigenvalue weighted by Gasteiger charge is -2.36. The molecular weight excluding hydrogens is 277 g/mol. The second kappa shape index (κ2) is 5.71. The lowest BCUT2D eigenvalue weighted by molar-refractivity contribution is -0.142. The van der Waals surface area contributed by atoms with Crippen LogP contribution in [-0.2, 0) is 9.53 Å². The second-order valence-corrected chi connectivity index (χ2v) is 5.80. The SMILES string of the molecule is [2H]CC(C)(C)OC(=O)N(c1ccc(F)cc1)C(C)(C)C(=O)O. The summed E-state index contributed by atoms with van der Waals surface area (Å²) in [5, 5.41) is 9.37. The molecule has 0 saturated carbocycles. The third kappa shape index (κ3) is 4.18. The Morgan fingerprint density at radius 3 is 2.19 bits per heavy atom. The molecule has 1 rings (SSSR count). The number of carboxylic acids is 1. The molecule has 0 aliphatic carbocycles. The van der Waals surface area contributed by atoms with E-state index >= 15 is 0 Å². The smallest absolute Gasteiger partial charge is 0.415 e. The predicted molar refractivity (Wildman–Crippen MR) is 76.8 cm³/mol. The van der Waals surface area contributed by atoms with Crippen molar-refractivity contribution in [2.45, 2.75) is 45.7 Å². The molecule has 1 amide bonds. The van der Waals surface area contributed by atoms with Crippen LogP contribution in [0, 0.1) is 5.82 Å². The molecule has 0 radical (unpaired) electrons. The van der Waals surface area contributed by atoms with Crippen LogP contribution >= 0.6 is 0 Å². The van der Waals surface area contributed by atoms with Crippen LogP contribution in [0.15, 0.2) is 24.3 Å². The van der Waals surface area contributed by atoms with Gasteiger partial charge in [-0.25, -0.2) is 14.0 Å². The molecule has 0 saturated heterocycles. The van der Waals surface area contributed by atoms with Crippen molar-refractivity contribution in [1.82, 2.24) is 0 Å². The zero-order valence-electron chi connectivity index (χ0n) is 13.5. The van der Waals surface area contributed by atoms with Crippen LogP contribution in [0.1, 0.15) is 36.0 Å². The summed E-state index contributed by atoms with van der Waals surface area (Å²) in [4.78, 5) is 24.8. The summed E-state index contributed by atoms with van der Waals surface area (Å²) in [7, 11) is 0. The Balaban J connectivity index is 3.26. The maximum absolute atomic E-state index is 13.1. The number of anilines is 1. The number of hydrogen-bond acceptors (Lipinski definition) is 3. The van der Waals surface area contributed by atoms with E-state index in [0.717, 1.165) is 17.0 Å². The van der Waals surface area contributed by atoms with Crippen molar-refractivity contribution >= 4 is 17.7 Å². The fraction of sp³-hybridized carbons (Fsp3) is 0.467. The van der Waals surface area contributed by atoms with Crippen LogP contribution in [0.2, 0.25) is 0 Å². The van der Waals surface area contributed by atoms with Crippen LogP contribution in [0.3, 0.4) is 0 Å². The van der Waals surface area contributed by atoms with E-state index in [4.69, 9.17) is 6.11 Å². The summed E-state index contributed by atoms with van der Waals surface area (Å²) >= 11 is 0. The van der Waals surface area contributed by atoms with Gasteiger partial charge >= 0.3 is 12.1 Å². The molecule has 116 valence electrons. The van der Waals surface area contributed by atoms with Crippen molar-refractivity contribution in [1.29, 1.82) is 0 Å². The Bertz CT molecular complexity index is 557. The number of carbonyl (C=O) groups is 2. The van der Waals surface area contributed by atoms with E-state index in [1.807, 2.05) is 0 Å². The van der Waals surface area contributed by atoms with Crippen molar-refractivity contribution in [2.24, 2.45) is 0 Å². The molecule has 21 heavy (non-hydrogen) atoms. The molecule has 0 aliphatic heterocycles. The fourth-order valence-corrected chi connectivity index (χ4v) is 1.62. The van der Waals surface area contributed by atoms with Crippen LogP contribution in [0.5, 0.6) is 0 Å². The maximum Gasteiger partial charge on any atom is 0.415 e. The van der Waals surface area contributed by atoms with Crippen LogP contribution < -0.4 is 4.90 Å². The Hall–Kier alpha value is -2.11. The minimum Gasteiger partial charge on any atom is -0.480 e. The van der Waals surface area contributed by atoms with Gasteiger partial charge in [0.1, 0.15) is 17.0 Å². The van der Waals surface area contributed by atoms with E-state index in [9.17, 15) is 19.1 Å². The quantitative estimate of drug-likeness (QED) is 0.928. The molecule has 5 nitrogen and oxygen atoms in total. The van der Waals surface area contributed by atoms with Gasteiger partial charge in [0.2, 0.25) is 0 Å². The van der Waals surface area contributed by atoms with Gasteiger partial charge in [-0.15, -0.1) is 0 Å². The highest BCUT2D eigenvalue weighted by Gasteiger charge is 2.41. The highest BCUT2D eigenvalue weighted by Crippen LogP contribution is 2.27. The lowest BCUT2D eigenvalue weighted by Crippen LogP contribution is -2.54. The first kappa shape index (κ1) is 15.3.